The van der Waals surface area contributed by atoms with Gasteiger partial charge in [0.15, 0.2) is 5.65 Å². The molecule has 2 aromatic heterocycles. The molecule has 0 aliphatic rings. The van der Waals surface area contributed by atoms with Gasteiger partial charge in [0.2, 0.25) is 10.0 Å². The lowest BCUT2D eigenvalue weighted by Crippen LogP contribution is -2.29. The maximum absolute atomic E-state index is 12.4. The van der Waals surface area contributed by atoms with Gasteiger partial charge >= 0.3 is 0 Å². The highest BCUT2D eigenvalue weighted by atomic mass is 35.5. The molecule has 0 bridgehead atoms. The molecule has 0 saturated heterocycles. The lowest BCUT2D eigenvalue weighted by atomic mass is 10.1. The van der Waals surface area contributed by atoms with E-state index in [1.807, 2.05) is 13.8 Å². The molecule has 0 radical (unpaired) electrons. The van der Waals surface area contributed by atoms with E-state index < -0.39 is 10.0 Å². The van der Waals surface area contributed by atoms with Gasteiger partial charge in [-0.15, -0.1) is 0 Å². The smallest absolute Gasteiger partial charge is 0.212 e. The van der Waals surface area contributed by atoms with Gasteiger partial charge in [0.25, 0.3) is 0 Å². The van der Waals surface area contributed by atoms with Crippen LogP contribution < -0.4 is 4.72 Å². The van der Waals surface area contributed by atoms with Gasteiger partial charge in [0, 0.05) is 0 Å². The molecule has 2 aromatic rings. The first-order valence-electron chi connectivity index (χ1n) is 10.6. The van der Waals surface area contributed by atoms with Crippen molar-refractivity contribution in [3.05, 3.63) is 22.6 Å². The molecule has 0 saturated carbocycles. The van der Waals surface area contributed by atoms with E-state index in [0.29, 0.717) is 17.1 Å². The Labute approximate surface area is 174 Å². The molecule has 160 valence electrons. The number of aromatic amines is 1. The molecule has 2 rings (SSSR count). The van der Waals surface area contributed by atoms with Crippen LogP contribution in [0.15, 0.2) is 6.20 Å². The van der Waals surface area contributed by atoms with E-state index >= 15 is 0 Å². The number of nitrogens with zero attached hydrogens (tertiary/aromatic N) is 2. The summed E-state index contributed by atoms with van der Waals surface area (Å²) in [7, 11) is -3.32. The third-order valence-electron chi connectivity index (χ3n) is 5.16. The number of sulfonamides is 1. The van der Waals surface area contributed by atoms with Gasteiger partial charge < -0.3 is 0 Å². The van der Waals surface area contributed by atoms with E-state index in [1.165, 1.54) is 44.9 Å². The van der Waals surface area contributed by atoms with Crippen LogP contribution in [0, 0.1) is 6.92 Å². The van der Waals surface area contributed by atoms with Gasteiger partial charge in [0.1, 0.15) is 5.02 Å². The number of aromatic nitrogens is 3. The summed E-state index contributed by atoms with van der Waals surface area (Å²) in [4.78, 5) is 4.28. The quantitative estimate of drug-likeness (QED) is 0.387. The Morgan fingerprint density at radius 2 is 1.68 bits per heavy atom. The van der Waals surface area contributed by atoms with Crippen molar-refractivity contribution in [2.24, 2.45) is 0 Å². The van der Waals surface area contributed by atoms with Crippen LogP contribution in [0.3, 0.4) is 0 Å². The summed E-state index contributed by atoms with van der Waals surface area (Å²) in [6.45, 7) is 5.92. The number of hydrogen-bond donors (Lipinski definition) is 2. The number of halogens is 1. The molecule has 0 fully saturated rings. The van der Waals surface area contributed by atoms with Crippen LogP contribution in [0.25, 0.3) is 5.65 Å². The first-order chi connectivity index (χ1) is 13.4. The summed E-state index contributed by atoms with van der Waals surface area (Å²) in [5.41, 5.74) is 2.18. The normalized spacial score (nSPS) is 13.4. The monoisotopic (exact) mass is 430 g/mol. The van der Waals surface area contributed by atoms with Gasteiger partial charge in [-0.25, -0.2) is 22.6 Å². The van der Waals surface area contributed by atoms with Crippen LogP contribution in [-0.4, -0.2) is 28.8 Å². The van der Waals surface area contributed by atoms with Crippen LogP contribution in [0.4, 0.5) is 0 Å². The lowest BCUT2D eigenvalue weighted by molar-refractivity contribution is 0.546. The summed E-state index contributed by atoms with van der Waals surface area (Å²) < 4.78 is 29.3. The maximum atomic E-state index is 12.4. The number of fused-ring (bicyclic) bond motifs is 1. The zero-order valence-corrected chi connectivity index (χ0v) is 19.0. The molecule has 0 spiro atoms. The summed E-state index contributed by atoms with van der Waals surface area (Å²) in [5.74, 6) is 0.167. The molecular formula is C20H35ClN4O2S. The second-order valence-corrected chi connectivity index (χ2v) is 9.98. The zero-order valence-electron chi connectivity index (χ0n) is 17.4. The molecule has 1 atom stereocenters. The van der Waals surface area contributed by atoms with E-state index in [0.717, 1.165) is 24.2 Å². The van der Waals surface area contributed by atoms with E-state index in [4.69, 9.17) is 11.6 Å². The zero-order chi connectivity index (χ0) is 20.6. The van der Waals surface area contributed by atoms with E-state index in [9.17, 15) is 8.42 Å². The van der Waals surface area contributed by atoms with Crippen molar-refractivity contribution in [1.29, 1.82) is 0 Å². The molecule has 8 heteroatoms. The minimum absolute atomic E-state index is 0.167. The molecule has 2 N–H and O–H groups in total. The standard InChI is InChI=1S/C20H35ClN4O2S/c1-4-5-6-7-8-9-10-11-12-13-14-28(26,27)24-16(2)18-15-22-20-19(21)17(3)23-25(18)20/h15-16,23-24H,4-14H2,1-3H3. The summed E-state index contributed by atoms with van der Waals surface area (Å²) in [6.07, 6.45) is 13.5. The SMILES string of the molecule is CCCCCCCCCCCCS(=O)(=O)NC(C)c1cnc2c(Cl)c(C)[nH]n12. The third-order valence-corrected chi connectivity index (χ3v) is 7.15. The first kappa shape index (κ1) is 23.2. The predicted octanol–water partition coefficient (Wildman–Crippen LogP) is 5.53. The largest absolute Gasteiger partial charge is 0.295 e. The van der Waals surface area contributed by atoms with Crippen molar-refractivity contribution >= 4 is 27.3 Å². The molecular weight excluding hydrogens is 396 g/mol. The molecule has 0 aromatic carbocycles. The van der Waals surface area contributed by atoms with Crippen molar-refractivity contribution in [1.82, 2.24) is 19.3 Å². The average molecular weight is 431 g/mol. The Morgan fingerprint density at radius 1 is 1.11 bits per heavy atom. The van der Waals surface area contributed by atoms with Gasteiger partial charge in [-0.2, -0.15) is 0 Å². The number of imidazole rings is 1. The van der Waals surface area contributed by atoms with Crippen LogP contribution >= 0.6 is 11.6 Å². The minimum atomic E-state index is -3.32. The third kappa shape index (κ3) is 6.78. The molecule has 6 nitrogen and oxygen atoms in total. The second kappa shape index (κ2) is 11.2. The van der Waals surface area contributed by atoms with E-state index in [-0.39, 0.29) is 11.8 Å². The number of hydrogen-bond acceptors (Lipinski definition) is 3. The average Bonchev–Trinajstić information content (AvgIpc) is 3.16. The summed E-state index contributed by atoms with van der Waals surface area (Å²) in [6, 6.07) is -0.378. The molecule has 0 amide bonds. The highest BCUT2D eigenvalue weighted by molar-refractivity contribution is 7.89. The van der Waals surface area contributed by atoms with Gasteiger partial charge in [-0.1, -0.05) is 76.3 Å². The molecule has 0 aliphatic heterocycles. The number of nitrogens with one attached hydrogen (secondary N) is 2. The maximum Gasteiger partial charge on any atom is 0.212 e. The van der Waals surface area contributed by atoms with Crippen LogP contribution in [0.1, 0.15) is 95.5 Å². The summed E-state index contributed by atoms with van der Waals surface area (Å²) in [5, 5.41) is 3.68. The van der Waals surface area contributed by atoms with Crippen molar-refractivity contribution in [3.8, 4) is 0 Å². The van der Waals surface area contributed by atoms with Crippen LogP contribution in [0.2, 0.25) is 5.02 Å². The van der Waals surface area contributed by atoms with Gasteiger partial charge in [-0.3, -0.25) is 5.10 Å². The molecule has 1 unspecified atom stereocenters. The van der Waals surface area contributed by atoms with Crippen molar-refractivity contribution in [2.45, 2.75) is 91.0 Å². The number of rotatable bonds is 14. The van der Waals surface area contributed by atoms with Gasteiger partial charge in [-0.05, 0) is 20.3 Å². The molecule has 0 aliphatic carbocycles. The van der Waals surface area contributed by atoms with Crippen molar-refractivity contribution in [2.75, 3.05) is 5.75 Å². The Balaban J connectivity index is 1.69. The van der Waals surface area contributed by atoms with Crippen molar-refractivity contribution < 1.29 is 8.42 Å². The lowest BCUT2D eigenvalue weighted by Gasteiger charge is -2.13. The minimum Gasteiger partial charge on any atom is -0.295 e. The van der Waals surface area contributed by atoms with E-state index in [2.05, 4.69) is 21.7 Å². The fourth-order valence-electron chi connectivity index (χ4n) is 3.50. The molecule has 2 heterocycles. The topological polar surface area (TPSA) is 79.3 Å². The fourth-order valence-corrected chi connectivity index (χ4v) is 5.03. The molecule has 28 heavy (non-hydrogen) atoms. The Hall–Kier alpha value is -1.05. The van der Waals surface area contributed by atoms with Crippen LogP contribution in [0.5, 0.6) is 0 Å². The van der Waals surface area contributed by atoms with E-state index in [1.54, 1.807) is 10.7 Å². The van der Waals surface area contributed by atoms with Crippen LogP contribution in [-0.2, 0) is 10.0 Å². The Morgan fingerprint density at radius 3 is 2.29 bits per heavy atom. The fraction of sp³-hybridized carbons (Fsp3) is 0.750. The Bertz CT molecular complexity index is 829. The highest BCUT2D eigenvalue weighted by Crippen LogP contribution is 2.24. The number of unbranched alkanes of at least 4 members (excludes halogenated alkanes) is 9. The predicted molar refractivity (Wildman–Crippen MR) is 116 cm³/mol. The number of H-pyrrole nitrogens is 1. The summed E-state index contributed by atoms with van der Waals surface area (Å²) >= 11 is 6.19. The second-order valence-electron chi connectivity index (χ2n) is 7.73. The highest BCUT2D eigenvalue weighted by Gasteiger charge is 2.20. The van der Waals surface area contributed by atoms with Gasteiger partial charge in [0.05, 0.1) is 29.4 Å². The first-order valence-corrected chi connectivity index (χ1v) is 12.6. The Kier molecular flexibility index (Phi) is 9.31. The van der Waals surface area contributed by atoms with Crippen molar-refractivity contribution in [3.63, 3.8) is 0 Å². The number of aryl methyl sites for hydroxylation is 1.